The number of esters is 1. The number of nitrogens with one attached hydrogen (secondary N) is 1. The van der Waals surface area contributed by atoms with Gasteiger partial charge in [-0.3, -0.25) is 9.59 Å². The molecule has 3 atom stereocenters. The average Bonchev–Trinajstić information content (AvgIpc) is 2.59. The number of rotatable bonds is 4. The van der Waals surface area contributed by atoms with Gasteiger partial charge in [-0.25, -0.2) is 0 Å². The zero-order valence-corrected chi connectivity index (χ0v) is 13.2. The minimum absolute atomic E-state index is 0.0143. The number of ether oxygens (including phenoxy) is 2. The zero-order chi connectivity index (χ0) is 15.8. The van der Waals surface area contributed by atoms with Crippen molar-refractivity contribution >= 4 is 11.9 Å². The van der Waals surface area contributed by atoms with E-state index >= 15 is 0 Å². The van der Waals surface area contributed by atoms with Crippen molar-refractivity contribution < 1.29 is 19.1 Å². The lowest BCUT2D eigenvalue weighted by Crippen LogP contribution is -2.44. The molecular weight excluding hydrogens is 282 g/mol. The molecule has 0 aromatic carbocycles. The fraction of sp³-hybridized carbons (Fsp3) is 0.765. The Balaban J connectivity index is 2.01. The SMILES string of the molecule is C=CCC1NC(=O)CCCCCC1C(=O)OC1CCCCO1. The van der Waals surface area contributed by atoms with Gasteiger partial charge in [0.1, 0.15) is 0 Å². The van der Waals surface area contributed by atoms with Crippen LogP contribution in [0.25, 0.3) is 0 Å². The quantitative estimate of drug-likeness (QED) is 0.640. The summed E-state index contributed by atoms with van der Waals surface area (Å²) >= 11 is 0. The van der Waals surface area contributed by atoms with Gasteiger partial charge >= 0.3 is 5.97 Å². The molecule has 3 unspecified atom stereocenters. The van der Waals surface area contributed by atoms with Crippen LogP contribution in [0.5, 0.6) is 0 Å². The predicted molar refractivity (Wildman–Crippen MR) is 83.0 cm³/mol. The first kappa shape index (κ1) is 17.0. The van der Waals surface area contributed by atoms with Gasteiger partial charge in [0.15, 0.2) is 0 Å². The van der Waals surface area contributed by atoms with E-state index in [4.69, 9.17) is 9.47 Å². The van der Waals surface area contributed by atoms with Crippen molar-refractivity contribution in [2.24, 2.45) is 5.92 Å². The highest BCUT2D eigenvalue weighted by Gasteiger charge is 2.32. The van der Waals surface area contributed by atoms with Crippen LogP contribution in [0, 0.1) is 5.92 Å². The highest BCUT2D eigenvalue weighted by atomic mass is 16.7. The van der Waals surface area contributed by atoms with Crippen LogP contribution < -0.4 is 5.32 Å². The molecule has 0 spiro atoms. The van der Waals surface area contributed by atoms with Crippen LogP contribution in [0.1, 0.15) is 57.8 Å². The molecule has 0 bridgehead atoms. The summed E-state index contributed by atoms with van der Waals surface area (Å²) in [5.74, 6) is -0.549. The zero-order valence-electron chi connectivity index (χ0n) is 13.2. The molecule has 0 aromatic rings. The van der Waals surface area contributed by atoms with E-state index in [-0.39, 0.29) is 23.8 Å². The maximum atomic E-state index is 12.5. The van der Waals surface area contributed by atoms with E-state index in [0.29, 0.717) is 19.4 Å². The standard InChI is InChI=1S/C17H27NO4/c1-2-8-14-13(9-4-3-5-10-15(19)18-14)17(20)22-16-11-6-7-12-21-16/h2,13-14,16H,1,3-12H2,(H,18,19). The Morgan fingerprint density at radius 1 is 1.27 bits per heavy atom. The van der Waals surface area contributed by atoms with Crippen molar-refractivity contribution in [2.45, 2.75) is 70.1 Å². The molecule has 1 amide bonds. The van der Waals surface area contributed by atoms with Crippen LogP contribution >= 0.6 is 0 Å². The molecule has 124 valence electrons. The molecule has 2 saturated heterocycles. The molecule has 2 fully saturated rings. The molecule has 0 radical (unpaired) electrons. The maximum Gasteiger partial charge on any atom is 0.313 e. The minimum Gasteiger partial charge on any atom is -0.435 e. The van der Waals surface area contributed by atoms with E-state index < -0.39 is 6.29 Å². The predicted octanol–water partition coefficient (Wildman–Crippen LogP) is 2.70. The Morgan fingerprint density at radius 2 is 2.09 bits per heavy atom. The molecule has 5 nitrogen and oxygen atoms in total. The molecule has 2 heterocycles. The van der Waals surface area contributed by atoms with E-state index in [1.165, 1.54) is 0 Å². The lowest BCUT2D eigenvalue weighted by Gasteiger charge is -2.28. The third-order valence-corrected chi connectivity index (χ3v) is 4.36. The van der Waals surface area contributed by atoms with Gasteiger partial charge in [-0.1, -0.05) is 18.9 Å². The van der Waals surface area contributed by atoms with Crippen molar-refractivity contribution in [1.82, 2.24) is 5.32 Å². The van der Waals surface area contributed by atoms with Crippen molar-refractivity contribution in [2.75, 3.05) is 6.61 Å². The van der Waals surface area contributed by atoms with E-state index in [1.807, 2.05) is 0 Å². The van der Waals surface area contributed by atoms with Gasteiger partial charge < -0.3 is 14.8 Å². The third-order valence-electron chi connectivity index (χ3n) is 4.36. The summed E-state index contributed by atoms with van der Waals surface area (Å²) in [6.45, 7) is 4.39. The number of carbonyl (C=O) groups excluding carboxylic acids is 2. The second-order valence-corrected chi connectivity index (χ2v) is 6.14. The first-order valence-corrected chi connectivity index (χ1v) is 8.43. The summed E-state index contributed by atoms with van der Waals surface area (Å²) in [6.07, 6.45) is 8.77. The largest absolute Gasteiger partial charge is 0.435 e. The molecular formula is C17H27NO4. The van der Waals surface area contributed by atoms with Gasteiger partial charge in [-0.15, -0.1) is 6.58 Å². The summed E-state index contributed by atoms with van der Waals surface area (Å²) in [5, 5.41) is 2.98. The van der Waals surface area contributed by atoms with Crippen LogP contribution in [0.3, 0.4) is 0 Å². The van der Waals surface area contributed by atoms with Crippen LogP contribution in [0.4, 0.5) is 0 Å². The maximum absolute atomic E-state index is 12.5. The van der Waals surface area contributed by atoms with E-state index in [2.05, 4.69) is 11.9 Å². The Hall–Kier alpha value is -1.36. The average molecular weight is 309 g/mol. The van der Waals surface area contributed by atoms with Gasteiger partial charge in [-0.2, -0.15) is 0 Å². The molecule has 2 aliphatic rings. The number of amides is 1. The summed E-state index contributed by atoms with van der Waals surface area (Å²) in [5.41, 5.74) is 0. The Labute approximate surface area is 132 Å². The van der Waals surface area contributed by atoms with Crippen LogP contribution in [0.15, 0.2) is 12.7 Å². The monoisotopic (exact) mass is 309 g/mol. The van der Waals surface area contributed by atoms with Crippen molar-refractivity contribution in [3.8, 4) is 0 Å². The summed E-state index contributed by atoms with van der Waals surface area (Å²) in [6, 6.07) is -0.223. The molecule has 1 N–H and O–H groups in total. The van der Waals surface area contributed by atoms with Gasteiger partial charge in [-0.05, 0) is 32.1 Å². The van der Waals surface area contributed by atoms with Crippen LogP contribution in [0.2, 0.25) is 0 Å². The fourth-order valence-corrected chi connectivity index (χ4v) is 3.11. The van der Waals surface area contributed by atoms with Crippen molar-refractivity contribution in [3.05, 3.63) is 12.7 Å². The van der Waals surface area contributed by atoms with Gasteiger partial charge in [0.25, 0.3) is 0 Å². The highest BCUT2D eigenvalue weighted by Crippen LogP contribution is 2.23. The van der Waals surface area contributed by atoms with E-state index in [1.54, 1.807) is 6.08 Å². The number of hydrogen-bond donors (Lipinski definition) is 1. The van der Waals surface area contributed by atoms with Gasteiger partial charge in [0.05, 0.1) is 12.5 Å². The highest BCUT2D eigenvalue weighted by molar-refractivity contribution is 5.79. The molecule has 2 aliphatic heterocycles. The number of hydrogen-bond acceptors (Lipinski definition) is 4. The summed E-state index contributed by atoms with van der Waals surface area (Å²) < 4.78 is 11.0. The number of carbonyl (C=O) groups is 2. The van der Waals surface area contributed by atoms with E-state index in [9.17, 15) is 9.59 Å². The molecule has 0 aromatic heterocycles. The van der Waals surface area contributed by atoms with Crippen molar-refractivity contribution in [1.29, 1.82) is 0 Å². The van der Waals surface area contributed by atoms with Crippen LogP contribution in [-0.4, -0.2) is 30.8 Å². The van der Waals surface area contributed by atoms with Crippen molar-refractivity contribution in [3.63, 3.8) is 0 Å². The molecule has 0 aliphatic carbocycles. The third kappa shape index (κ3) is 5.13. The van der Waals surface area contributed by atoms with Gasteiger partial charge in [0, 0.05) is 18.9 Å². The normalized spacial score (nSPS) is 30.4. The molecule has 5 heteroatoms. The second-order valence-electron chi connectivity index (χ2n) is 6.14. The Kier molecular flexibility index (Phi) is 6.90. The topological polar surface area (TPSA) is 64.6 Å². The van der Waals surface area contributed by atoms with E-state index in [0.717, 1.165) is 44.9 Å². The fourth-order valence-electron chi connectivity index (χ4n) is 3.11. The first-order valence-electron chi connectivity index (χ1n) is 8.43. The first-order chi connectivity index (χ1) is 10.7. The molecule has 2 rings (SSSR count). The lowest BCUT2D eigenvalue weighted by molar-refractivity contribution is -0.192. The Bertz CT molecular complexity index is 390. The van der Waals surface area contributed by atoms with Gasteiger partial charge in [0.2, 0.25) is 12.2 Å². The minimum atomic E-state index is -0.422. The molecule has 0 saturated carbocycles. The summed E-state index contributed by atoms with van der Waals surface area (Å²) in [4.78, 5) is 24.5. The lowest BCUT2D eigenvalue weighted by atomic mass is 9.91. The summed E-state index contributed by atoms with van der Waals surface area (Å²) in [7, 11) is 0. The molecule has 22 heavy (non-hydrogen) atoms. The second kappa shape index (κ2) is 8.93. The smallest absolute Gasteiger partial charge is 0.313 e. The Morgan fingerprint density at radius 3 is 2.82 bits per heavy atom. The van der Waals surface area contributed by atoms with Crippen LogP contribution in [-0.2, 0) is 19.1 Å².